The minimum atomic E-state index is 0.0574. The summed E-state index contributed by atoms with van der Waals surface area (Å²) in [5, 5.41) is 11.7. The highest BCUT2D eigenvalue weighted by molar-refractivity contribution is 9.10. The van der Waals surface area contributed by atoms with Crippen LogP contribution in [0.15, 0.2) is 65.3 Å². The van der Waals surface area contributed by atoms with Gasteiger partial charge in [-0.2, -0.15) is 0 Å². The maximum absolute atomic E-state index is 12.7. The molecular weight excluding hydrogens is 420 g/mol. The molecule has 1 fully saturated rings. The van der Waals surface area contributed by atoms with E-state index in [0.717, 1.165) is 29.2 Å². The molecule has 1 N–H and O–H groups in total. The number of piperazine rings is 1. The summed E-state index contributed by atoms with van der Waals surface area (Å²) in [6.45, 7) is 2.75. The second-order valence-corrected chi connectivity index (χ2v) is 7.32. The van der Waals surface area contributed by atoms with E-state index in [-0.39, 0.29) is 5.91 Å². The molecule has 3 heterocycles. The number of amides is 1. The Morgan fingerprint density at radius 3 is 2.46 bits per heavy atom. The highest BCUT2D eigenvalue weighted by Gasteiger charge is 2.23. The standard InChI is InChI=1S/C20H19BrN6O/c21-16-5-3-4-15(14-16)20(28)27-12-10-26(11-13-27)19-8-7-18(24-25-19)23-17-6-1-2-9-22-17/h1-9,14H,10-13H2,(H,22,23,24). The van der Waals surface area contributed by atoms with Gasteiger partial charge in [-0.25, -0.2) is 4.98 Å². The first-order valence-corrected chi connectivity index (χ1v) is 9.80. The van der Waals surface area contributed by atoms with Gasteiger partial charge in [0.05, 0.1) is 0 Å². The number of benzene rings is 1. The molecule has 4 rings (SSSR count). The number of halogens is 1. The predicted octanol–water partition coefficient (Wildman–Crippen LogP) is 3.34. The van der Waals surface area contributed by atoms with Gasteiger partial charge in [0.2, 0.25) is 0 Å². The summed E-state index contributed by atoms with van der Waals surface area (Å²) in [5.74, 6) is 2.23. The molecule has 1 aliphatic heterocycles. The molecule has 1 amide bonds. The van der Waals surface area contributed by atoms with E-state index >= 15 is 0 Å². The Labute approximate surface area is 171 Å². The molecule has 1 aromatic carbocycles. The molecule has 0 unspecified atom stereocenters. The van der Waals surface area contributed by atoms with Gasteiger partial charge >= 0.3 is 0 Å². The van der Waals surface area contributed by atoms with Crippen molar-refractivity contribution < 1.29 is 4.79 Å². The largest absolute Gasteiger partial charge is 0.352 e. The maximum Gasteiger partial charge on any atom is 0.254 e. The quantitative estimate of drug-likeness (QED) is 0.673. The third kappa shape index (κ3) is 4.28. The van der Waals surface area contributed by atoms with Gasteiger partial charge in [0, 0.05) is 42.4 Å². The average molecular weight is 439 g/mol. The van der Waals surface area contributed by atoms with Crippen molar-refractivity contribution in [2.75, 3.05) is 36.4 Å². The van der Waals surface area contributed by atoms with Crippen molar-refractivity contribution in [3.8, 4) is 0 Å². The van der Waals surface area contributed by atoms with Gasteiger partial charge in [0.15, 0.2) is 11.6 Å². The Kier molecular flexibility index (Phi) is 5.48. The van der Waals surface area contributed by atoms with E-state index in [1.807, 2.05) is 59.5 Å². The van der Waals surface area contributed by atoms with E-state index in [0.29, 0.717) is 24.5 Å². The van der Waals surface area contributed by atoms with Gasteiger partial charge in [0.25, 0.3) is 5.91 Å². The first kappa shape index (κ1) is 18.4. The fourth-order valence-electron chi connectivity index (χ4n) is 3.07. The summed E-state index contributed by atoms with van der Waals surface area (Å²) in [6, 6.07) is 17.0. The van der Waals surface area contributed by atoms with Crippen LogP contribution in [-0.4, -0.2) is 52.2 Å². The lowest BCUT2D eigenvalue weighted by Gasteiger charge is -2.35. The number of hydrogen-bond donors (Lipinski definition) is 1. The van der Waals surface area contributed by atoms with E-state index in [4.69, 9.17) is 0 Å². The lowest BCUT2D eigenvalue weighted by Crippen LogP contribution is -2.49. The van der Waals surface area contributed by atoms with Crippen LogP contribution in [0.2, 0.25) is 0 Å². The van der Waals surface area contributed by atoms with Crippen molar-refractivity contribution in [1.29, 1.82) is 0 Å². The number of carbonyl (C=O) groups excluding carboxylic acids is 1. The second-order valence-electron chi connectivity index (χ2n) is 6.41. The molecule has 3 aromatic rings. The predicted molar refractivity (Wildman–Crippen MR) is 112 cm³/mol. The number of rotatable bonds is 4. The minimum Gasteiger partial charge on any atom is -0.352 e. The highest BCUT2D eigenvalue weighted by Crippen LogP contribution is 2.18. The molecule has 0 saturated carbocycles. The molecule has 0 spiro atoms. The Bertz CT molecular complexity index is 942. The number of pyridine rings is 1. The summed E-state index contributed by atoms with van der Waals surface area (Å²) in [5.41, 5.74) is 0.701. The van der Waals surface area contributed by atoms with Crippen LogP contribution in [0.3, 0.4) is 0 Å². The first-order chi connectivity index (χ1) is 13.7. The summed E-state index contributed by atoms with van der Waals surface area (Å²) in [4.78, 5) is 20.9. The van der Waals surface area contributed by atoms with Crippen LogP contribution in [0.5, 0.6) is 0 Å². The fourth-order valence-corrected chi connectivity index (χ4v) is 3.47. The molecule has 0 radical (unpaired) electrons. The molecule has 8 heteroatoms. The van der Waals surface area contributed by atoms with Crippen molar-refractivity contribution in [1.82, 2.24) is 20.1 Å². The van der Waals surface area contributed by atoms with Crippen LogP contribution in [0.4, 0.5) is 17.5 Å². The molecule has 28 heavy (non-hydrogen) atoms. The van der Waals surface area contributed by atoms with Gasteiger partial charge < -0.3 is 15.1 Å². The first-order valence-electron chi connectivity index (χ1n) is 9.00. The van der Waals surface area contributed by atoms with Crippen molar-refractivity contribution in [2.24, 2.45) is 0 Å². The van der Waals surface area contributed by atoms with Gasteiger partial charge in [-0.15, -0.1) is 10.2 Å². The summed E-state index contributed by atoms with van der Waals surface area (Å²) < 4.78 is 0.909. The van der Waals surface area contributed by atoms with Crippen LogP contribution in [-0.2, 0) is 0 Å². The smallest absolute Gasteiger partial charge is 0.254 e. The molecular formula is C20H19BrN6O. The van der Waals surface area contributed by atoms with Gasteiger partial charge in [-0.1, -0.05) is 28.1 Å². The van der Waals surface area contributed by atoms with Crippen molar-refractivity contribution >= 4 is 39.3 Å². The summed E-state index contributed by atoms with van der Waals surface area (Å²) >= 11 is 3.42. The minimum absolute atomic E-state index is 0.0574. The zero-order valence-corrected chi connectivity index (χ0v) is 16.7. The van der Waals surface area contributed by atoms with E-state index in [9.17, 15) is 4.79 Å². The van der Waals surface area contributed by atoms with Crippen LogP contribution in [0.1, 0.15) is 10.4 Å². The Morgan fingerprint density at radius 2 is 1.79 bits per heavy atom. The number of nitrogens with one attached hydrogen (secondary N) is 1. The molecule has 2 aromatic heterocycles. The third-order valence-electron chi connectivity index (χ3n) is 4.53. The normalized spacial score (nSPS) is 14.0. The topological polar surface area (TPSA) is 74.2 Å². The van der Waals surface area contributed by atoms with Crippen molar-refractivity contribution in [3.63, 3.8) is 0 Å². The molecule has 1 saturated heterocycles. The average Bonchev–Trinajstić information content (AvgIpc) is 2.75. The molecule has 7 nitrogen and oxygen atoms in total. The Morgan fingerprint density at radius 1 is 0.929 bits per heavy atom. The lowest BCUT2D eigenvalue weighted by atomic mass is 10.2. The van der Waals surface area contributed by atoms with Gasteiger partial charge in [-0.3, -0.25) is 4.79 Å². The van der Waals surface area contributed by atoms with E-state index < -0.39 is 0 Å². The van der Waals surface area contributed by atoms with E-state index in [2.05, 4.69) is 41.3 Å². The van der Waals surface area contributed by atoms with Crippen molar-refractivity contribution in [2.45, 2.75) is 0 Å². The maximum atomic E-state index is 12.7. The lowest BCUT2D eigenvalue weighted by molar-refractivity contribution is 0.0746. The SMILES string of the molecule is O=C(c1cccc(Br)c1)N1CCN(c2ccc(Nc3ccccn3)nn2)CC1. The van der Waals surface area contributed by atoms with Crippen LogP contribution >= 0.6 is 15.9 Å². The monoisotopic (exact) mass is 438 g/mol. The molecule has 0 aliphatic carbocycles. The highest BCUT2D eigenvalue weighted by atomic mass is 79.9. The number of hydrogen-bond acceptors (Lipinski definition) is 6. The number of aromatic nitrogens is 3. The van der Waals surface area contributed by atoms with E-state index in [1.165, 1.54) is 0 Å². The zero-order valence-electron chi connectivity index (χ0n) is 15.1. The number of nitrogens with zero attached hydrogens (tertiary/aromatic N) is 5. The summed E-state index contributed by atoms with van der Waals surface area (Å²) in [6.07, 6.45) is 1.72. The molecule has 0 atom stereocenters. The Balaban J connectivity index is 1.35. The molecule has 0 bridgehead atoms. The van der Waals surface area contributed by atoms with Crippen LogP contribution in [0.25, 0.3) is 0 Å². The van der Waals surface area contributed by atoms with Crippen LogP contribution in [0, 0.1) is 0 Å². The van der Waals surface area contributed by atoms with Gasteiger partial charge in [0.1, 0.15) is 5.82 Å². The van der Waals surface area contributed by atoms with E-state index in [1.54, 1.807) is 6.20 Å². The number of anilines is 3. The molecule has 142 valence electrons. The zero-order chi connectivity index (χ0) is 19.3. The Hall–Kier alpha value is -3.00. The molecule has 1 aliphatic rings. The van der Waals surface area contributed by atoms with Crippen molar-refractivity contribution in [3.05, 3.63) is 70.8 Å². The number of carbonyl (C=O) groups is 1. The second kappa shape index (κ2) is 8.35. The summed E-state index contributed by atoms with van der Waals surface area (Å²) in [7, 11) is 0. The fraction of sp³-hybridized carbons (Fsp3) is 0.200. The van der Waals surface area contributed by atoms with Crippen LogP contribution < -0.4 is 10.2 Å². The third-order valence-corrected chi connectivity index (χ3v) is 5.03. The van der Waals surface area contributed by atoms with Gasteiger partial charge in [-0.05, 0) is 42.5 Å².